The molecule has 2 aromatic rings. The van der Waals surface area contributed by atoms with Crippen molar-refractivity contribution in [2.75, 3.05) is 6.54 Å². The molecular formula is C15H19ClN2O. The fourth-order valence-corrected chi connectivity index (χ4v) is 2.25. The second kappa shape index (κ2) is 6.85. The molecule has 1 aromatic heterocycles. The minimum Gasteiger partial charge on any atom is -0.393 e. The maximum Gasteiger partial charge on any atom is 0.0761 e. The first kappa shape index (κ1) is 14.3. The molecule has 0 aliphatic rings. The van der Waals surface area contributed by atoms with Gasteiger partial charge in [-0.1, -0.05) is 24.6 Å². The molecule has 0 aliphatic heterocycles. The van der Waals surface area contributed by atoms with Crippen LogP contribution in [0.25, 0.3) is 10.9 Å². The number of hydrogen-bond donors (Lipinski definition) is 2. The van der Waals surface area contributed by atoms with Crippen LogP contribution in [0.3, 0.4) is 0 Å². The third-order valence-electron chi connectivity index (χ3n) is 3.24. The van der Waals surface area contributed by atoms with Crippen molar-refractivity contribution in [3.8, 4) is 0 Å². The molecule has 1 aromatic carbocycles. The minimum absolute atomic E-state index is 0.215. The average Bonchev–Trinajstić information content (AvgIpc) is 2.45. The first-order valence-electron chi connectivity index (χ1n) is 6.63. The van der Waals surface area contributed by atoms with Gasteiger partial charge in [-0.2, -0.15) is 0 Å². The van der Waals surface area contributed by atoms with Gasteiger partial charge in [0.05, 0.1) is 11.6 Å². The third kappa shape index (κ3) is 3.66. The van der Waals surface area contributed by atoms with Crippen molar-refractivity contribution < 1.29 is 5.11 Å². The zero-order chi connectivity index (χ0) is 13.7. The van der Waals surface area contributed by atoms with Crippen LogP contribution in [0.5, 0.6) is 0 Å². The van der Waals surface area contributed by atoms with Crippen molar-refractivity contribution in [2.24, 2.45) is 0 Å². The van der Waals surface area contributed by atoms with E-state index in [0.717, 1.165) is 47.4 Å². The number of rotatable bonds is 6. The molecule has 3 nitrogen and oxygen atoms in total. The maximum atomic E-state index is 9.49. The third-order valence-corrected chi connectivity index (χ3v) is 3.57. The molecular weight excluding hydrogens is 260 g/mol. The average molecular weight is 279 g/mol. The van der Waals surface area contributed by atoms with Gasteiger partial charge in [0.25, 0.3) is 0 Å². The highest BCUT2D eigenvalue weighted by Crippen LogP contribution is 2.24. The van der Waals surface area contributed by atoms with Gasteiger partial charge in [0, 0.05) is 23.2 Å². The summed E-state index contributed by atoms with van der Waals surface area (Å²) in [5.74, 6) is 0. The highest BCUT2D eigenvalue weighted by Gasteiger charge is 2.05. The van der Waals surface area contributed by atoms with Gasteiger partial charge in [-0.05, 0) is 43.1 Å². The van der Waals surface area contributed by atoms with Crippen molar-refractivity contribution in [3.05, 3.63) is 41.0 Å². The summed E-state index contributed by atoms with van der Waals surface area (Å²) in [7, 11) is 0. The summed E-state index contributed by atoms with van der Waals surface area (Å²) in [4.78, 5) is 4.40. The molecule has 4 heteroatoms. The van der Waals surface area contributed by atoms with Gasteiger partial charge >= 0.3 is 0 Å². The Morgan fingerprint density at radius 1 is 1.37 bits per heavy atom. The fraction of sp³-hybridized carbons (Fsp3) is 0.400. The summed E-state index contributed by atoms with van der Waals surface area (Å²) in [5.41, 5.74) is 2.07. The van der Waals surface area contributed by atoms with E-state index in [1.165, 1.54) is 0 Å². The van der Waals surface area contributed by atoms with Crippen LogP contribution >= 0.6 is 11.6 Å². The summed E-state index contributed by atoms with van der Waals surface area (Å²) >= 11 is 6.16. The normalized spacial score (nSPS) is 12.8. The van der Waals surface area contributed by atoms with E-state index in [1.54, 1.807) is 6.20 Å². The van der Waals surface area contributed by atoms with E-state index in [-0.39, 0.29) is 6.10 Å². The number of aromatic nitrogens is 1. The summed E-state index contributed by atoms with van der Waals surface area (Å²) in [6.07, 6.45) is 3.14. The van der Waals surface area contributed by atoms with E-state index in [1.807, 2.05) is 31.2 Å². The summed E-state index contributed by atoms with van der Waals surface area (Å²) in [5, 5.41) is 14.5. The number of nitrogens with zero attached hydrogens (tertiary/aromatic N) is 1. The van der Waals surface area contributed by atoms with Crippen LogP contribution in [0.1, 0.15) is 25.3 Å². The highest BCUT2D eigenvalue weighted by atomic mass is 35.5. The Labute approximate surface area is 118 Å². The van der Waals surface area contributed by atoms with Crippen LogP contribution in [0, 0.1) is 0 Å². The van der Waals surface area contributed by atoms with Crippen LogP contribution in [-0.4, -0.2) is 22.7 Å². The summed E-state index contributed by atoms with van der Waals surface area (Å²) in [6, 6.07) is 7.78. The predicted molar refractivity (Wildman–Crippen MR) is 79.4 cm³/mol. The second-order valence-electron chi connectivity index (χ2n) is 4.63. The number of hydrogen-bond acceptors (Lipinski definition) is 3. The molecule has 1 unspecified atom stereocenters. The van der Waals surface area contributed by atoms with Gasteiger partial charge < -0.3 is 10.4 Å². The molecule has 2 N–H and O–H groups in total. The number of aliphatic hydroxyl groups excluding tert-OH is 1. The SMILES string of the molecule is CCC(O)CCNCc1ccc(Cl)c2cccnc12. The monoisotopic (exact) mass is 278 g/mol. The quantitative estimate of drug-likeness (QED) is 0.798. The maximum absolute atomic E-state index is 9.49. The highest BCUT2D eigenvalue weighted by molar-refractivity contribution is 6.35. The lowest BCUT2D eigenvalue weighted by molar-refractivity contribution is 0.159. The number of pyridine rings is 1. The zero-order valence-corrected chi connectivity index (χ0v) is 11.8. The van der Waals surface area contributed by atoms with Crippen molar-refractivity contribution in [2.45, 2.75) is 32.4 Å². The molecule has 1 atom stereocenters. The number of fused-ring (bicyclic) bond motifs is 1. The topological polar surface area (TPSA) is 45.1 Å². The van der Waals surface area contributed by atoms with E-state index < -0.39 is 0 Å². The van der Waals surface area contributed by atoms with Crippen molar-refractivity contribution >= 4 is 22.5 Å². The van der Waals surface area contributed by atoms with Crippen LogP contribution in [0.2, 0.25) is 5.02 Å². The van der Waals surface area contributed by atoms with Gasteiger partial charge in [-0.3, -0.25) is 4.98 Å². The molecule has 19 heavy (non-hydrogen) atoms. The Bertz CT molecular complexity index is 545. The predicted octanol–water partition coefficient (Wildman–Crippen LogP) is 3.14. The lowest BCUT2D eigenvalue weighted by atomic mass is 10.1. The Hall–Kier alpha value is -1.16. The van der Waals surface area contributed by atoms with Gasteiger partial charge in [-0.25, -0.2) is 0 Å². The van der Waals surface area contributed by atoms with Crippen LogP contribution in [-0.2, 0) is 6.54 Å². The first-order valence-corrected chi connectivity index (χ1v) is 7.01. The number of halogens is 1. The van der Waals surface area contributed by atoms with Crippen molar-refractivity contribution in [1.29, 1.82) is 0 Å². The first-order chi connectivity index (χ1) is 9.22. The summed E-state index contributed by atoms with van der Waals surface area (Å²) < 4.78 is 0. The van der Waals surface area contributed by atoms with Gasteiger partial charge in [0.1, 0.15) is 0 Å². The molecule has 0 spiro atoms. The molecule has 0 bridgehead atoms. The smallest absolute Gasteiger partial charge is 0.0761 e. The second-order valence-corrected chi connectivity index (χ2v) is 5.04. The van der Waals surface area contributed by atoms with Gasteiger partial charge in [-0.15, -0.1) is 0 Å². The number of benzene rings is 1. The van der Waals surface area contributed by atoms with E-state index in [9.17, 15) is 5.11 Å². The number of nitrogens with one attached hydrogen (secondary N) is 1. The van der Waals surface area contributed by atoms with Crippen LogP contribution in [0.4, 0.5) is 0 Å². The molecule has 0 saturated carbocycles. The number of aliphatic hydroxyl groups is 1. The van der Waals surface area contributed by atoms with Crippen molar-refractivity contribution in [3.63, 3.8) is 0 Å². The van der Waals surface area contributed by atoms with E-state index >= 15 is 0 Å². The van der Waals surface area contributed by atoms with E-state index in [2.05, 4.69) is 10.3 Å². The van der Waals surface area contributed by atoms with Crippen LogP contribution in [0.15, 0.2) is 30.5 Å². The van der Waals surface area contributed by atoms with Crippen LogP contribution < -0.4 is 5.32 Å². The Morgan fingerprint density at radius 2 is 2.21 bits per heavy atom. The molecule has 0 fully saturated rings. The van der Waals surface area contributed by atoms with Gasteiger partial charge in [0.15, 0.2) is 0 Å². The van der Waals surface area contributed by atoms with Gasteiger partial charge in [0.2, 0.25) is 0 Å². The standard InChI is InChI=1S/C15H19ClN2O/c1-2-12(19)7-9-17-10-11-5-6-14(16)13-4-3-8-18-15(11)13/h3-6,8,12,17,19H,2,7,9-10H2,1H3. The molecule has 2 rings (SSSR count). The molecule has 0 radical (unpaired) electrons. The Kier molecular flexibility index (Phi) is 5.14. The Morgan fingerprint density at radius 3 is 3.00 bits per heavy atom. The zero-order valence-electron chi connectivity index (χ0n) is 11.1. The molecule has 0 amide bonds. The lowest BCUT2D eigenvalue weighted by Crippen LogP contribution is -2.20. The summed E-state index contributed by atoms with van der Waals surface area (Å²) in [6.45, 7) is 3.52. The Balaban J connectivity index is 2.03. The molecule has 1 heterocycles. The molecule has 102 valence electrons. The molecule has 0 aliphatic carbocycles. The largest absolute Gasteiger partial charge is 0.393 e. The van der Waals surface area contributed by atoms with E-state index in [0.29, 0.717) is 0 Å². The minimum atomic E-state index is -0.215. The lowest BCUT2D eigenvalue weighted by Gasteiger charge is -2.10. The van der Waals surface area contributed by atoms with E-state index in [4.69, 9.17) is 11.6 Å². The molecule has 0 saturated heterocycles. The fourth-order valence-electron chi connectivity index (χ4n) is 2.03. The van der Waals surface area contributed by atoms with Crippen molar-refractivity contribution in [1.82, 2.24) is 10.3 Å².